The zero-order valence-electron chi connectivity index (χ0n) is 20.7. The van der Waals surface area contributed by atoms with Gasteiger partial charge in [-0.15, -0.1) is 0 Å². The minimum absolute atomic E-state index is 0.111. The molecule has 194 valence electrons. The molecule has 2 atom stereocenters. The Morgan fingerprint density at radius 3 is 2.56 bits per heavy atom. The van der Waals surface area contributed by atoms with Crippen LogP contribution >= 0.6 is 11.6 Å². The molecule has 1 aliphatic heterocycles. The van der Waals surface area contributed by atoms with E-state index in [-0.39, 0.29) is 30.6 Å². The number of nitrogens with zero attached hydrogens (tertiary/aromatic N) is 2. The lowest BCUT2D eigenvalue weighted by Crippen LogP contribution is -2.53. The monoisotopic (exact) mass is 517 g/mol. The van der Waals surface area contributed by atoms with Crippen molar-refractivity contribution in [2.24, 2.45) is 0 Å². The zero-order chi connectivity index (χ0) is 25.7. The molecule has 4 rings (SSSR count). The predicted molar refractivity (Wildman–Crippen MR) is 134 cm³/mol. The number of hydrogen-bond acceptors (Lipinski definition) is 8. The molecule has 0 unspecified atom stereocenters. The summed E-state index contributed by atoms with van der Waals surface area (Å²) < 4.78 is 16.7. The maximum Gasteiger partial charge on any atom is 0.407 e. The molecule has 1 aliphatic carbocycles. The van der Waals surface area contributed by atoms with Crippen molar-refractivity contribution in [2.75, 3.05) is 18.5 Å². The van der Waals surface area contributed by atoms with E-state index >= 15 is 0 Å². The highest BCUT2D eigenvalue weighted by Gasteiger charge is 2.29. The Balaban J connectivity index is 1.31. The number of ether oxygens (including phenoxy) is 3. The highest BCUT2D eigenvalue weighted by molar-refractivity contribution is 6.31. The number of carbonyl (C=O) groups is 2. The van der Waals surface area contributed by atoms with Gasteiger partial charge in [-0.25, -0.2) is 14.8 Å². The largest absolute Gasteiger partial charge is 0.486 e. The first kappa shape index (κ1) is 26.0. The van der Waals surface area contributed by atoms with Crippen LogP contribution in [0.1, 0.15) is 56.0 Å². The first-order valence-electron chi connectivity index (χ1n) is 12.0. The molecule has 11 heteroatoms. The van der Waals surface area contributed by atoms with E-state index in [0.717, 1.165) is 12.8 Å². The van der Waals surface area contributed by atoms with E-state index in [2.05, 4.69) is 25.9 Å². The lowest BCUT2D eigenvalue weighted by molar-refractivity contribution is 0.0364. The second-order valence-electron chi connectivity index (χ2n) is 9.95. The van der Waals surface area contributed by atoms with Gasteiger partial charge < -0.3 is 30.2 Å². The van der Waals surface area contributed by atoms with Crippen LogP contribution in [0.25, 0.3) is 0 Å². The van der Waals surface area contributed by atoms with E-state index in [4.69, 9.17) is 25.8 Å². The van der Waals surface area contributed by atoms with Crippen molar-refractivity contribution in [1.29, 1.82) is 0 Å². The third-order valence-electron chi connectivity index (χ3n) is 5.62. The maximum absolute atomic E-state index is 12.3. The van der Waals surface area contributed by atoms with Gasteiger partial charge in [0, 0.05) is 28.8 Å². The Morgan fingerprint density at radius 1 is 1.11 bits per heavy atom. The average molecular weight is 518 g/mol. The number of carbonyl (C=O) groups excluding carboxylic acids is 2. The SMILES string of the molecule is CC(C)(C)OC(=O)N[C@H]1CCOC[C@H]1Nc1ncc(OCc2cc(C(=O)NC3CC3)ccc2Cl)cn1. The first-order chi connectivity index (χ1) is 17.2. The molecular weight excluding hydrogens is 486 g/mol. The Kier molecular flexibility index (Phi) is 8.15. The smallest absolute Gasteiger partial charge is 0.407 e. The molecule has 2 amide bonds. The van der Waals surface area contributed by atoms with Crippen molar-refractivity contribution in [3.05, 3.63) is 46.7 Å². The minimum atomic E-state index is -0.578. The second kappa shape index (κ2) is 11.3. The number of hydrogen-bond donors (Lipinski definition) is 3. The highest BCUT2D eigenvalue weighted by Crippen LogP contribution is 2.23. The van der Waals surface area contributed by atoms with Crippen molar-refractivity contribution in [3.63, 3.8) is 0 Å². The third-order valence-corrected chi connectivity index (χ3v) is 5.98. The molecular formula is C25H32ClN5O5. The molecule has 0 bridgehead atoms. The van der Waals surface area contributed by atoms with Gasteiger partial charge >= 0.3 is 6.09 Å². The number of aromatic nitrogens is 2. The fraction of sp³-hybridized carbons (Fsp3) is 0.520. The van der Waals surface area contributed by atoms with Gasteiger partial charge in [0.05, 0.1) is 31.1 Å². The fourth-order valence-electron chi connectivity index (χ4n) is 3.63. The number of benzene rings is 1. The topological polar surface area (TPSA) is 124 Å². The normalized spacial score (nSPS) is 19.8. The van der Waals surface area contributed by atoms with Crippen molar-refractivity contribution in [2.45, 2.75) is 70.4 Å². The predicted octanol–water partition coefficient (Wildman–Crippen LogP) is 3.70. The molecule has 0 radical (unpaired) electrons. The van der Waals surface area contributed by atoms with E-state index in [1.54, 1.807) is 30.6 Å². The minimum Gasteiger partial charge on any atom is -0.486 e. The molecule has 2 heterocycles. The quantitative estimate of drug-likeness (QED) is 0.484. The molecule has 3 N–H and O–H groups in total. The Morgan fingerprint density at radius 2 is 1.86 bits per heavy atom. The number of amides is 2. The number of alkyl carbamates (subject to hydrolysis) is 1. The van der Waals surface area contributed by atoms with E-state index < -0.39 is 11.7 Å². The van der Waals surface area contributed by atoms with Gasteiger partial charge in [-0.2, -0.15) is 0 Å². The van der Waals surface area contributed by atoms with Crippen LogP contribution in [0, 0.1) is 0 Å². The van der Waals surface area contributed by atoms with Crippen molar-refractivity contribution >= 4 is 29.5 Å². The molecule has 36 heavy (non-hydrogen) atoms. The van der Waals surface area contributed by atoms with Crippen LogP contribution in [0.3, 0.4) is 0 Å². The Bertz CT molecular complexity index is 1070. The highest BCUT2D eigenvalue weighted by atomic mass is 35.5. The number of halogens is 1. The Labute approximate surface area is 215 Å². The average Bonchev–Trinajstić information content (AvgIpc) is 3.63. The molecule has 0 spiro atoms. The standard InChI is InChI=1S/C25H32ClN5O5/c1-25(2,3)36-24(33)31-20-8-9-34-14-21(20)30-23-27-11-18(12-28-23)35-13-16-10-15(4-7-19(16)26)22(32)29-17-5-6-17/h4,7,10-12,17,20-21H,5-6,8-9,13-14H2,1-3H3,(H,29,32)(H,31,33)(H,27,28,30)/t20-,21+/m0/s1. The summed E-state index contributed by atoms with van der Waals surface area (Å²) in [4.78, 5) is 33.2. The summed E-state index contributed by atoms with van der Waals surface area (Å²) >= 11 is 6.30. The van der Waals surface area contributed by atoms with Gasteiger partial charge in [-0.1, -0.05) is 11.6 Å². The third kappa shape index (κ3) is 7.69. The first-order valence-corrected chi connectivity index (χ1v) is 12.4. The summed E-state index contributed by atoms with van der Waals surface area (Å²) in [7, 11) is 0. The van der Waals surface area contributed by atoms with Crippen LogP contribution in [0.2, 0.25) is 5.02 Å². The number of rotatable bonds is 8. The van der Waals surface area contributed by atoms with Crippen LogP contribution in [0.4, 0.5) is 10.7 Å². The van der Waals surface area contributed by atoms with Crippen molar-refractivity contribution < 1.29 is 23.8 Å². The molecule has 1 saturated heterocycles. The lowest BCUT2D eigenvalue weighted by Gasteiger charge is -2.33. The van der Waals surface area contributed by atoms with E-state index in [9.17, 15) is 9.59 Å². The van der Waals surface area contributed by atoms with E-state index in [1.165, 1.54) is 0 Å². The van der Waals surface area contributed by atoms with Gasteiger partial charge in [0.1, 0.15) is 12.2 Å². The van der Waals surface area contributed by atoms with E-state index in [1.807, 2.05) is 20.8 Å². The molecule has 2 aliphatic rings. The summed E-state index contributed by atoms with van der Waals surface area (Å²) in [6.45, 7) is 6.56. The fourth-order valence-corrected chi connectivity index (χ4v) is 3.80. The van der Waals surface area contributed by atoms with Crippen LogP contribution in [0.15, 0.2) is 30.6 Å². The molecule has 10 nitrogen and oxygen atoms in total. The molecule has 1 aromatic heterocycles. The zero-order valence-corrected chi connectivity index (χ0v) is 21.4. The summed E-state index contributed by atoms with van der Waals surface area (Å²) in [6, 6.07) is 4.99. The van der Waals surface area contributed by atoms with Gasteiger partial charge in [-0.05, 0) is 58.2 Å². The molecule has 1 saturated carbocycles. The van der Waals surface area contributed by atoms with Crippen LogP contribution in [-0.2, 0) is 16.1 Å². The summed E-state index contributed by atoms with van der Waals surface area (Å²) in [5.74, 6) is 0.721. The van der Waals surface area contributed by atoms with E-state index in [0.29, 0.717) is 47.5 Å². The molecule has 2 aromatic rings. The number of nitrogens with one attached hydrogen (secondary N) is 3. The molecule has 2 fully saturated rings. The van der Waals surface area contributed by atoms with Crippen molar-refractivity contribution in [3.8, 4) is 5.75 Å². The number of anilines is 1. The summed E-state index contributed by atoms with van der Waals surface area (Å²) in [6.07, 6.45) is 5.30. The van der Waals surface area contributed by atoms with Gasteiger partial charge in [0.2, 0.25) is 5.95 Å². The van der Waals surface area contributed by atoms with Crippen LogP contribution < -0.4 is 20.7 Å². The summed E-state index contributed by atoms with van der Waals surface area (Å²) in [5.41, 5.74) is 0.661. The van der Waals surface area contributed by atoms with Crippen LogP contribution in [0.5, 0.6) is 5.75 Å². The van der Waals surface area contributed by atoms with Crippen LogP contribution in [-0.4, -0.2) is 58.9 Å². The van der Waals surface area contributed by atoms with Gasteiger partial charge in [-0.3, -0.25) is 4.79 Å². The second-order valence-corrected chi connectivity index (χ2v) is 10.4. The Hall–Kier alpha value is -3.11. The summed E-state index contributed by atoms with van der Waals surface area (Å²) in [5, 5.41) is 9.59. The lowest BCUT2D eigenvalue weighted by atomic mass is 10.0. The molecule has 1 aromatic carbocycles. The van der Waals surface area contributed by atoms with Gasteiger partial charge in [0.25, 0.3) is 5.91 Å². The van der Waals surface area contributed by atoms with Crippen molar-refractivity contribution in [1.82, 2.24) is 20.6 Å². The maximum atomic E-state index is 12.3. The van der Waals surface area contributed by atoms with Gasteiger partial charge in [0.15, 0.2) is 5.75 Å².